The Bertz CT molecular complexity index is 580. The van der Waals surface area contributed by atoms with Crippen LogP contribution in [-0.4, -0.2) is 31.7 Å². The van der Waals surface area contributed by atoms with E-state index < -0.39 is 0 Å². The van der Waals surface area contributed by atoms with Crippen LogP contribution in [0.5, 0.6) is 0 Å². The summed E-state index contributed by atoms with van der Waals surface area (Å²) in [6.07, 6.45) is 15.1. The van der Waals surface area contributed by atoms with Crippen LogP contribution in [0.3, 0.4) is 0 Å². The molecule has 5 heteroatoms. The quantitative estimate of drug-likeness (QED) is 0.446. The van der Waals surface area contributed by atoms with Crippen LogP contribution >= 0.6 is 0 Å². The molecule has 5 nitrogen and oxygen atoms in total. The number of allylic oxidation sites excluding steroid dienone is 1. The van der Waals surface area contributed by atoms with Crippen molar-refractivity contribution >= 4 is 0 Å². The van der Waals surface area contributed by atoms with Gasteiger partial charge in [0.2, 0.25) is 0 Å². The predicted octanol–water partition coefficient (Wildman–Crippen LogP) is 4.52. The summed E-state index contributed by atoms with van der Waals surface area (Å²) < 4.78 is 6.47. The molecule has 2 saturated heterocycles. The standard InChI is InChI=1S/C26H48N4O/c1-17(2)23-14-21(19(4)13-22(23)16-28-24-7-5-6-12-27-24)15-25-29-30-26(31-25)20-10-8-18(3)9-11-20/h13,17-18,20-30H,5-12,14-16H2,1-4H3. The largest absolute Gasteiger partial charge is 0.342 e. The zero-order chi connectivity index (χ0) is 21.8. The van der Waals surface area contributed by atoms with Crippen molar-refractivity contribution in [1.29, 1.82) is 0 Å². The number of piperidine rings is 1. The first kappa shape index (κ1) is 23.7. The maximum atomic E-state index is 6.47. The maximum Gasteiger partial charge on any atom is 0.125 e. The number of rotatable bonds is 7. The Hall–Kier alpha value is -0.460. The van der Waals surface area contributed by atoms with Gasteiger partial charge in [0.25, 0.3) is 0 Å². The van der Waals surface area contributed by atoms with E-state index in [2.05, 4.69) is 55.3 Å². The van der Waals surface area contributed by atoms with Crippen molar-refractivity contribution < 1.29 is 4.74 Å². The second-order valence-corrected chi connectivity index (χ2v) is 11.4. The Morgan fingerprint density at radius 2 is 1.90 bits per heavy atom. The minimum atomic E-state index is 0.145. The molecule has 0 aromatic rings. The van der Waals surface area contributed by atoms with Gasteiger partial charge in [-0.05, 0) is 93.9 Å². The smallest absolute Gasteiger partial charge is 0.125 e. The van der Waals surface area contributed by atoms with Gasteiger partial charge in [-0.3, -0.25) is 0 Å². The molecule has 3 fully saturated rings. The molecule has 0 amide bonds. The van der Waals surface area contributed by atoms with Crippen LogP contribution in [0.4, 0.5) is 0 Å². The lowest BCUT2D eigenvalue weighted by Crippen LogP contribution is -2.48. The summed E-state index contributed by atoms with van der Waals surface area (Å²) in [5.41, 5.74) is 8.54. The number of ether oxygens (including phenoxy) is 1. The number of hydrazine groups is 1. The molecular formula is C26H48N4O. The predicted molar refractivity (Wildman–Crippen MR) is 128 cm³/mol. The monoisotopic (exact) mass is 432 g/mol. The normalized spacial score (nSPS) is 42.0. The van der Waals surface area contributed by atoms with Crippen molar-refractivity contribution in [3.8, 4) is 0 Å². The van der Waals surface area contributed by atoms with Crippen molar-refractivity contribution in [2.24, 2.45) is 35.5 Å². The third kappa shape index (κ3) is 6.32. The molecule has 6 atom stereocenters. The molecule has 2 aliphatic carbocycles. The summed E-state index contributed by atoms with van der Waals surface area (Å²) in [4.78, 5) is 0. The van der Waals surface area contributed by atoms with Gasteiger partial charge in [0.05, 0.1) is 6.17 Å². The van der Waals surface area contributed by atoms with E-state index in [9.17, 15) is 0 Å². The molecule has 4 aliphatic rings. The van der Waals surface area contributed by atoms with Crippen LogP contribution in [0.15, 0.2) is 11.6 Å². The van der Waals surface area contributed by atoms with E-state index >= 15 is 0 Å². The molecule has 0 aromatic heterocycles. The van der Waals surface area contributed by atoms with E-state index in [1.54, 1.807) is 5.57 Å². The molecule has 6 unspecified atom stereocenters. The van der Waals surface area contributed by atoms with E-state index in [0.717, 1.165) is 31.3 Å². The lowest BCUT2D eigenvalue weighted by Gasteiger charge is -2.39. The molecular weight excluding hydrogens is 384 g/mol. The lowest BCUT2D eigenvalue weighted by molar-refractivity contribution is -0.0212. The fourth-order valence-electron chi connectivity index (χ4n) is 6.46. The van der Waals surface area contributed by atoms with Gasteiger partial charge < -0.3 is 15.4 Å². The van der Waals surface area contributed by atoms with E-state index in [1.807, 2.05) is 0 Å². The van der Waals surface area contributed by atoms with Gasteiger partial charge in [-0.2, -0.15) is 0 Å². The van der Waals surface area contributed by atoms with Gasteiger partial charge in [-0.1, -0.05) is 45.3 Å². The van der Waals surface area contributed by atoms with Crippen LogP contribution in [-0.2, 0) is 4.74 Å². The third-order valence-electron chi connectivity index (χ3n) is 8.68. The lowest BCUT2D eigenvalue weighted by atomic mass is 9.69. The molecule has 0 bridgehead atoms. The van der Waals surface area contributed by atoms with Crippen LogP contribution in [0.1, 0.15) is 85.5 Å². The van der Waals surface area contributed by atoms with Crippen LogP contribution in [0, 0.1) is 35.5 Å². The molecule has 4 rings (SSSR count). The second-order valence-electron chi connectivity index (χ2n) is 11.4. The van der Waals surface area contributed by atoms with Crippen LogP contribution < -0.4 is 21.5 Å². The molecule has 2 heterocycles. The Labute approximate surface area is 190 Å². The topological polar surface area (TPSA) is 57.3 Å². The Kier molecular flexibility index (Phi) is 8.49. The average Bonchev–Trinajstić information content (AvgIpc) is 3.23. The zero-order valence-corrected chi connectivity index (χ0v) is 20.5. The highest BCUT2D eigenvalue weighted by Gasteiger charge is 2.37. The first-order valence-corrected chi connectivity index (χ1v) is 13.3. The summed E-state index contributed by atoms with van der Waals surface area (Å²) in [5.74, 6) is 4.29. The summed E-state index contributed by atoms with van der Waals surface area (Å²) in [6, 6.07) is 0. The van der Waals surface area contributed by atoms with Crippen molar-refractivity contribution in [3.63, 3.8) is 0 Å². The zero-order valence-electron chi connectivity index (χ0n) is 20.5. The minimum absolute atomic E-state index is 0.145. The van der Waals surface area contributed by atoms with Gasteiger partial charge in [-0.15, -0.1) is 0 Å². The number of nitrogens with one attached hydrogen (secondary N) is 4. The van der Waals surface area contributed by atoms with Crippen molar-refractivity contribution in [1.82, 2.24) is 21.5 Å². The van der Waals surface area contributed by atoms with E-state index in [1.165, 1.54) is 51.4 Å². The minimum Gasteiger partial charge on any atom is -0.342 e. The van der Waals surface area contributed by atoms with Crippen molar-refractivity contribution in [3.05, 3.63) is 11.6 Å². The SMILES string of the molecule is CC1=CC(CNC2CCCCN2)C(C(C)C)CC1CC1NNC(C2CCC(C)CC2)O1. The molecule has 178 valence electrons. The van der Waals surface area contributed by atoms with Gasteiger partial charge in [0.1, 0.15) is 12.5 Å². The fraction of sp³-hybridized carbons (Fsp3) is 0.923. The average molecular weight is 433 g/mol. The molecule has 2 aliphatic heterocycles. The second kappa shape index (κ2) is 11.1. The van der Waals surface area contributed by atoms with Crippen molar-refractivity contribution in [2.75, 3.05) is 13.1 Å². The van der Waals surface area contributed by atoms with E-state index in [0.29, 0.717) is 29.8 Å². The highest BCUT2D eigenvalue weighted by molar-refractivity contribution is 5.13. The molecule has 31 heavy (non-hydrogen) atoms. The molecule has 4 N–H and O–H groups in total. The third-order valence-corrected chi connectivity index (χ3v) is 8.68. The highest BCUT2D eigenvalue weighted by Crippen LogP contribution is 2.40. The van der Waals surface area contributed by atoms with Gasteiger partial charge in [0, 0.05) is 6.54 Å². The maximum absolute atomic E-state index is 6.47. The first-order chi connectivity index (χ1) is 15.0. The summed E-state index contributed by atoms with van der Waals surface area (Å²) in [7, 11) is 0. The molecule has 0 spiro atoms. The number of hydrogen-bond acceptors (Lipinski definition) is 5. The Balaban J connectivity index is 1.29. The van der Waals surface area contributed by atoms with Gasteiger partial charge in [0.15, 0.2) is 0 Å². The molecule has 0 radical (unpaired) electrons. The highest BCUT2D eigenvalue weighted by atomic mass is 16.5. The molecule has 1 saturated carbocycles. The number of hydrogen-bond donors (Lipinski definition) is 4. The van der Waals surface area contributed by atoms with E-state index in [-0.39, 0.29) is 12.5 Å². The van der Waals surface area contributed by atoms with Gasteiger partial charge in [-0.25, -0.2) is 10.9 Å². The summed E-state index contributed by atoms with van der Waals surface area (Å²) >= 11 is 0. The Morgan fingerprint density at radius 3 is 2.61 bits per heavy atom. The van der Waals surface area contributed by atoms with Crippen LogP contribution in [0.25, 0.3) is 0 Å². The van der Waals surface area contributed by atoms with Gasteiger partial charge >= 0.3 is 0 Å². The van der Waals surface area contributed by atoms with Crippen LogP contribution in [0.2, 0.25) is 0 Å². The van der Waals surface area contributed by atoms with Crippen molar-refractivity contribution in [2.45, 2.75) is 104 Å². The molecule has 0 aromatic carbocycles. The van der Waals surface area contributed by atoms with E-state index in [4.69, 9.17) is 4.74 Å². The fourth-order valence-corrected chi connectivity index (χ4v) is 6.46. The first-order valence-electron chi connectivity index (χ1n) is 13.3. The summed E-state index contributed by atoms with van der Waals surface area (Å²) in [6.45, 7) is 11.8. The Morgan fingerprint density at radius 1 is 1.10 bits per heavy atom. The summed E-state index contributed by atoms with van der Waals surface area (Å²) in [5, 5.41) is 7.47.